The molecule has 1 N–H and O–H groups in total. The molecule has 0 radical (unpaired) electrons. The van der Waals surface area contributed by atoms with Gasteiger partial charge in [-0.05, 0) is 20.8 Å². The molecule has 0 bridgehead atoms. The molecule has 0 amide bonds. The minimum atomic E-state index is -2.26. The van der Waals surface area contributed by atoms with E-state index in [2.05, 4.69) is 14.2 Å². The Kier molecular flexibility index (Phi) is 13.9. The van der Waals surface area contributed by atoms with E-state index in [0.29, 0.717) is 0 Å². The van der Waals surface area contributed by atoms with E-state index in [-0.39, 0.29) is 19.8 Å². The van der Waals surface area contributed by atoms with Crippen LogP contribution in [0.25, 0.3) is 0 Å². The third-order valence-electron chi connectivity index (χ3n) is 2.14. The molecule has 0 heterocycles. The van der Waals surface area contributed by atoms with Crippen molar-refractivity contribution in [3.63, 3.8) is 0 Å². The van der Waals surface area contributed by atoms with E-state index in [4.69, 9.17) is 6.65 Å². The van der Waals surface area contributed by atoms with Crippen molar-refractivity contribution in [2.75, 3.05) is 19.8 Å². The molecule has 0 aromatic heterocycles. The van der Waals surface area contributed by atoms with Gasteiger partial charge in [0.25, 0.3) is 0 Å². The van der Waals surface area contributed by atoms with Gasteiger partial charge in [-0.3, -0.25) is 9.59 Å². The van der Waals surface area contributed by atoms with Crippen molar-refractivity contribution < 1.29 is 59.4 Å². The first-order valence-corrected chi connectivity index (χ1v) is 7.78. The van der Waals surface area contributed by atoms with E-state index < -0.39 is 55.4 Å². The van der Waals surface area contributed by atoms with Crippen molar-refractivity contribution >= 4 is 17.9 Å². The van der Waals surface area contributed by atoms with Crippen molar-refractivity contribution in [2.45, 2.75) is 39.2 Å². The molecule has 22 heavy (non-hydrogen) atoms. The summed E-state index contributed by atoms with van der Waals surface area (Å²) in [5.74, 6) is -2.62. The fourth-order valence-corrected chi connectivity index (χ4v) is 1.37. The molecular weight excluding hydrogens is 336 g/mol. The van der Waals surface area contributed by atoms with Gasteiger partial charge < -0.3 is 19.3 Å². The van der Waals surface area contributed by atoms with Crippen LogP contribution in [-0.4, -0.2) is 48.4 Å². The van der Waals surface area contributed by atoms with Crippen molar-refractivity contribution in [1.29, 1.82) is 0 Å². The third kappa shape index (κ3) is 10.4. The standard InChI is InChI=1S/C12H20O7.2O.Ti/c1-4-17-9(13)7-12(16,11(15)19-6-3)8-10(14)18-5-2;;;/h16H,4-8H2,1-3H3;;;. The van der Waals surface area contributed by atoms with Gasteiger partial charge in [-0.2, -0.15) is 0 Å². The monoisotopic (exact) mass is 356 g/mol. The second kappa shape index (κ2) is 13.4. The summed E-state index contributed by atoms with van der Waals surface area (Å²) in [7, 11) is 0. The second-order valence-electron chi connectivity index (χ2n) is 3.80. The Morgan fingerprint density at radius 3 is 1.45 bits per heavy atom. The first kappa shape index (κ1) is 23.0. The number of hydrogen-bond donors (Lipinski definition) is 1. The Morgan fingerprint density at radius 1 is 0.864 bits per heavy atom. The average molecular weight is 356 g/mol. The van der Waals surface area contributed by atoms with Gasteiger partial charge in [-0.15, -0.1) is 0 Å². The number of ether oxygens (including phenoxy) is 3. The van der Waals surface area contributed by atoms with Gasteiger partial charge in [0.05, 0.1) is 32.7 Å². The molecule has 0 aromatic rings. The topological polar surface area (TPSA) is 133 Å². The first-order chi connectivity index (χ1) is 10.3. The molecule has 0 saturated heterocycles. The fraction of sp³-hybridized carbons (Fsp3) is 0.750. The molecular formula is C12H20O9Ti. The van der Waals surface area contributed by atoms with Crippen LogP contribution in [0.2, 0.25) is 0 Å². The van der Waals surface area contributed by atoms with Gasteiger partial charge in [0.1, 0.15) is 0 Å². The predicted octanol–water partition coefficient (Wildman–Crippen LogP) is -0.0531. The maximum atomic E-state index is 11.7. The minimum absolute atomic E-state index is 0.0206. The molecule has 0 spiro atoms. The van der Waals surface area contributed by atoms with Crippen LogP contribution in [0.15, 0.2) is 0 Å². The van der Waals surface area contributed by atoms with Crippen molar-refractivity contribution in [2.24, 2.45) is 0 Å². The fourth-order valence-electron chi connectivity index (χ4n) is 1.37. The molecule has 0 rings (SSSR count). The molecule has 0 unspecified atom stereocenters. The molecule has 10 heteroatoms. The number of carbonyl (C=O) groups excluding carboxylic acids is 3. The molecule has 126 valence electrons. The van der Waals surface area contributed by atoms with E-state index in [1.807, 2.05) is 0 Å². The summed E-state index contributed by atoms with van der Waals surface area (Å²) < 4.78 is 31.0. The molecule has 0 aliphatic heterocycles. The molecule has 9 nitrogen and oxygen atoms in total. The average Bonchev–Trinajstić information content (AvgIpc) is 2.39. The predicted molar refractivity (Wildman–Crippen MR) is 65.5 cm³/mol. The van der Waals surface area contributed by atoms with E-state index in [0.717, 1.165) is 0 Å². The summed E-state index contributed by atoms with van der Waals surface area (Å²) in [5, 5.41) is 10.1. The van der Waals surface area contributed by atoms with Crippen LogP contribution in [0.3, 0.4) is 0 Å². The van der Waals surface area contributed by atoms with E-state index >= 15 is 0 Å². The van der Waals surface area contributed by atoms with E-state index in [1.165, 1.54) is 0 Å². The summed E-state index contributed by atoms with van der Waals surface area (Å²) in [6, 6.07) is 0. The molecule has 0 saturated carbocycles. The summed E-state index contributed by atoms with van der Waals surface area (Å²) in [4.78, 5) is 34.4. The zero-order valence-electron chi connectivity index (χ0n) is 12.7. The Hall–Kier alpha value is -1.32. The van der Waals surface area contributed by atoms with Gasteiger partial charge >= 0.3 is 43.6 Å². The van der Waals surface area contributed by atoms with Gasteiger partial charge in [0.2, 0.25) is 0 Å². The SMILES string of the molecule is CCOC(=O)CC(O)(CC(=O)OCC)C(=O)OCC.[O]=[Ti]=[O]. The summed E-state index contributed by atoms with van der Waals surface area (Å²) in [6.45, 7) is 4.97. The maximum absolute atomic E-state index is 11.7. The molecule has 0 aliphatic rings. The van der Waals surface area contributed by atoms with E-state index in [1.54, 1.807) is 20.8 Å². The van der Waals surface area contributed by atoms with Crippen molar-refractivity contribution in [3.05, 3.63) is 0 Å². The van der Waals surface area contributed by atoms with Gasteiger partial charge in [-0.1, -0.05) is 0 Å². The number of rotatable bonds is 8. The second-order valence-corrected chi connectivity index (χ2v) is 4.06. The van der Waals surface area contributed by atoms with Crippen molar-refractivity contribution in [3.8, 4) is 0 Å². The summed E-state index contributed by atoms with van der Waals surface area (Å²) >= 11 is -2.00. The van der Waals surface area contributed by atoms with Crippen LogP contribution >= 0.6 is 0 Å². The Balaban J connectivity index is 0. The quantitative estimate of drug-likeness (QED) is 0.361. The van der Waals surface area contributed by atoms with Crippen LogP contribution in [0.5, 0.6) is 0 Å². The number of aliphatic hydroxyl groups is 1. The molecule has 0 atom stereocenters. The van der Waals surface area contributed by atoms with Gasteiger partial charge in [-0.25, -0.2) is 4.79 Å². The molecule has 0 aromatic carbocycles. The van der Waals surface area contributed by atoms with Crippen molar-refractivity contribution in [1.82, 2.24) is 0 Å². The van der Waals surface area contributed by atoms with Crippen LogP contribution < -0.4 is 0 Å². The van der Waals surface area contributed by atoms with E-state index in [9.17, 15) is 19.5 Å². The summed E-state index contributed by atoms with van der Waals surface area (Å²) in [5.41, 5.74) is -2.26. The Morgan fingerprint density at radius 2 is 1.18 bits per heavy atom. The molecule has 0 fully saturated rings. The normalized spacial score (nSPS) is 9.64. The zero-order valence-corrected chi connectivity index (χ0v) is 14.3. The van der Waals surface area contributed by atoms with Crippen LogP contribution in [0.1, 0.15) is 33.6 Å². The van der Waals surface area contributed by atoms with Crippen LogP contribution in [-0.2, 0) is 54.3 Å². The Labute approximate surface area is 136 Å². The summed E-state index contributed by atoms with van der Waals surface area (Å²) in [6.07, 6.45) is -1.31. The van der Waals surface area contributed by atoms with Gasteiger partial charge in [0.15, 0.2) is 5.60 Å². The number of hydrogen-bond acceptors (Lipinski definition) is 9. The molecule has 0 aliphatic carbocycles. The van der Waals surface area contributed by atoms with Gasteiger partial charge in [0, 0.05) is 0 Å². The number of carbonyl (C=O) groups is 3. The zero-order chi connectivity index (χ0) is 17.6. The van der Waals surface area contributed by atoms with Crippen LogP contribution in [0, 0.1) is 0 Å². The Bertz CT molecular complexity index is 381. The third-order valence-corrected chi connectivity index (χ3v) is 2.14. The van der Waals surface area contributed by atoms with Crippen LogP contribution in [0.4, 0.5) is 0 Å². The number of esters is 3. The first-order valence-electron chi connectivity index (χ1n) is 6.51.